The van der Waals surface area contributed by atoms with Crippen LogP contribution >= 0.6 is 0 Å². The SMILES string of the molecule is CCC(CN)C(c1cccc(C)c1)N(C)C. The van der Waals surface area contributed by atoms with E-state index < -0.39 is 0 Å². The monoisotopic (exact) mass is 220 g/mol. The maximum Gasteiger partial charge on any atom is 0.0382 e. The van der Waals surface area contributed by atoms with Gasteiger partial charge in [-0.15, -0.1) is 0 Å². The second-order valence-electron chi connectivity index (χ2n) is 4.73. The normalized spacial score (nSPS) is 15.1. The number of rotatable bonds is 5. The van der Waals surface area contributed by atoms with Crippen molar-refractivity contribution in [1.82, 2.24) is 4.90 Å². The zero-order valence-corrected chi connectivity index (χ0v) is 10.9. The summed E-state index contributed by atoms with van der Waals surface area (Å²) in [6, 6.07) is 9.16. The van der Waals surface area contributed by atoms with Gasteiger partial charge in [0.05, 0.1) is 0 Å². The Kier molecular flexibility index (Phi) is 4.97. The van der Waals surface area contributed by atoms with Gasteiger partial charge in [-0.1, -0.05) is 43.2 Å². The third-order valence-electron chi connectivity index (χ3n) is 3.21. The first-order valence-corrected chi connectivity index (χ1v) is 6.03. The summed E-state index contributed by atoms with van der Waals surface area (Å²) < 4.78 is 0. The van der Waals surface area contributed by atoms with Crippen molar-refractivity contribution in [2.75, 3.05) is 20.6 Å². The number of hydrogen-bond acceptors (Lipinski definition) is 2. The van der Waals surface area contributed by atoms with E-state index in [1.165, 1.54) is 11.1 Å². The summed E-state index contributed by atoms with van der Waals surface area (Å²) >= 11 is 0. The lowest BCUT2D eigenvalue weighted by molar-refractivity contribution is 0.211. The molecule has 2 N–H and O–H groups in total. The average molecular weight is 220 g/mol. The Morgan fingerprint density at radius 2 is 2.00 bits per heavy atom. The highest BCUT2D eigenvalue weighted by Gasteiger charge is 2.22. The highest BCUT2D eigenvalue weighted by Crippen LogP contribution is 2.28. The number of nitrogens with zero attached hydrogens (tertiary/aromatic N) is 1. The van der Waals surface area contributed by atoms with Crippen LogP contribution in [0.25, 0.3) is 0 Å². The first kappa shape index (κ1) is 13.2. The van der Waals surface area contributed by atoms with E-state index in [1.807, 2.05) is 0 Å². The van der Waals surface area contributed by atoms with Crippen molar-refractivity contribution >= 4 is 0 Å². The Labute approximate surface area is 99.5 Å². The molecule has 2 heteroatoms. The molecule has 0 heterocycles. The Morgan fingerprint density at radius 3 is 2.44 bits per heavy atom. The van der Waals surface area contributed by atoms with Gasteiger partial charge in [-0.05, 0) is 39.0 Å². The van der Waals surface area contributed by atoms with E-state index in [2.05, 4.69) is 57.1 Å². The Morgan fingerprint density at radius 1 is 1.31 bits per heavy atom. The molecule has 0 amide bonds. The maximum atomic E-state index is 5.87. The van der Waals surface area contributed by atoms with Crippen LogP contribution in [0, 0.1) is 12.8 Å². The van der Waals surface area contributed by atoms with Crippen molar-refractivity contribution in [2.24, 2.45) is 11.7 Å². The molecule has 1 aromatic rings. The van der Waals surface area contributed by atoms with Crippen molar-refractivity contribution < 1.29 is 0 Å². The number of hydrogen-bond donors (Lipinski definition) is 1. The summed E-state index contributed by atoms with van der Waals surface area (Å²) in [4.78, 5) is 2.27. The van der Waals surface area contributed by atoms with Crippen molar-refractivity contribution in [3.05, 3.63) is 35.4 Å². The van der Waals surface area contributed by atoms with Gasteiger partial charge in [-0.2, -0.15) is 0 Å². The van der Waals surface area contributed by atoms with Gasteiger partial charge in [-0.3, -0.25) is 0 Å². The third-order valence-corrected chi connectivity index (χ3v) is 3.21. The molecule has 2 atom stereocenters. The van der Waals surface area contributed by atoms with Crippen LogP contribution in [0.4, 0.5) is 0 Å². The Balaban J connectivity index is 3.02. The van der Waals surface area contributed by atoms with Crippen molar-refractivity contribution in [1.29, 1.82) is 0 Å². The van der Waals surface area contributed by atoms with E-state index in [0.717, 1.165) is 13.0 Å². The van der Waals surface area contributed by atoms with Crippen molar-refractivity contribution in [3.63, 3.8) is 0 Å². The van der Waals surface area contributed by atoms with Gasteiger partial charge in [-0.25, -0.2) is 0 Å². The van der Waals surface area contributed by atoms with Gasteiger partial charge in [0.1, 0.15) is 0 Å². The van der Waals surface area contributed by atoms with Crippen LogP contribution in [-0.2, 0) is 0 Å². The van der Waals surface area contributed by atoms with E-state index in [4.69, 9.17) is 5.73 Å². The number of benzene rings is 1. The fraction of sp³-hybridized carbons (Fsp3) is 0.571. The van der Waals surface area contributed by atoms with E-state index in [-0.39, 0.29) is 0 Å². The highest BCUT2D eigenvalue weighted by molar-refractivity contribution is 5.25. The molecule has 0 radical (unpaired) electrons. The molecular weight excluding hydrogens is 196 g/mol. The predicted molar refractivity (Wildman–Crippen MR) is 70.4 cm³/mol. The van der Waals surface area contributed by atoms with Crippen LogP contribution < -0.4 is 5.73 Å². The lowest BCUT2D eigenvalue weighted by Gasteiger charge is -2.31. The highest BCUT2D eigenvalue weighted by atomic mass is 15.1. The molecule has 0 saturated carbocycles. The maximum absolute atomic E-state index is 5.87. The van der Waals surface area contributed by atoms with E-state index in [1.54, 1.807) is 0 Å². The molecule has 0 bridgehead atoms. The topological polar surface area (TPSA) is 29.3 Å². The summed E-state index contributed by atoms with van der Waals surface area (Å²) in [5.41, 5.74) is 8.56. The molecule has 2 nitrogen and oxygen atoms in total. The Hall–Kier alpha value is -0.860. The Bertz CT molecular complexity index is 316. The molecule has 0 saturated heterocycles. The van der Waals surface area contributed by atoms with Gasteiger partial charge in [0.25, 0.3) is 0 Å². The van der Waals surface area contributed by atoms with E-state index in [0.29, 0.717) is 12.0 Å². The summed E-state index contributed by atoms with van der Waals surface area (Å²) in [5.74, 6) is 0.525. The predicted octanol–water partition coefficient (Wildman–Crippen LogP) is 2.58. The molecule has 0 aliphatic carbocycles. The fourth-order valence-corrected chi connectivity index (χ4v) is 2.36. The minimum atomic E-state index is 0.426. The standard InChI is InChI=1S/C14H24N2/c1-5-12(10-15)14(16(3)4)13-8-6-7-11(2)9-13/h6-9,12,14H,5,10,15H2,1-4H3. The van der Waals surface area contributed by atoms with E-state index >= 15 is 0 Å². The lowest BCUT2D eigenvalue weighted by atomic mass is 9.89. The van der Waals surface area contributed by atoms with Gasteiger partial charge in [0.2, 0.25) is 0 Å². The number of aryl methyl sites for hydroxylation is 1. The van der Waals surface area contributed by atoms with Gasteiger partial charge in [0, 0.05) is 6.04 Å². The second-order valence-corrected chi connectivity index (χ2v) is 4.73. The molecule has 0 aliphatic heterocycles. The van der Waals surface area contributed by atoms with Crippen LogP contribution in [0.2, 0.25) is 0 Å². The molecule has 0 fully saturated rings. The quantitative estimate of drug-likeness (QED) is 0.826. The molecule has 1 aromatic carbocycles. The minimum Gasteiger partial charge on any atom is -0.330 e. The molecule has 2 unspecified atom stereocenters. The zero-order chi connectivity index (χ0) is 12.1. The van der Waals surface area contributed by atoms with Crippen LogP contribution in [0.1, 0.15) is 30.5 Å². The van der Waals surface area contributed by atoms with Crippen LogP contribution in [0.5, 0.6) is 0 Å². The summed E-state index contributed by atoms with van der Waals surface area (Å²) in [6.07, 6.45) is 1.12. The van der Waals surface area contributed by atoms with Crippen LogP contribution in [0.3, 0.4) is 0 Å². The largest absolute Gasteiger partial charge is 0.330 e. The molecule has 0 aromatic heterocycles. The van der Waals surface area contributed by atoms with Crippen LogP contribution in [0.15, 0.2) is 24.3 Å². The lowest BCUT2D eigenvalue weighted by Crippen LogP contribution is -2.31. The summed E-state index contributed by atoms with van der Waals surface area (Å²) in [5, 5.41) is 0. The first-order chi connectivity index (χ1) is 7.60. The summed E-state index contributed by atoms with van der Waals surface area (Å²) in [6.45, 7) is 5.09. The minimum absolute atomic E-state index is 0.426. The number of nitrogens with two attached hydrogens (primary N) is 1. The van der Waals surface area contributed by atoms with Gasteiger partial charge < -0.3 is 10.6 Å². The van der Waals surface area contributed by atoms with Crippen molar-refractivity contribution in [2.45, 2.75) is 26.3 Å². The molecule has 16 heavy (non-hydrogen) atoms. The van der Waals surface area contributed by atoms with Gasteiger partial charge >= 0.3 is 0 Å². The van der Waals surface area contributed by atoms with E-state index in [9.17, 15) is 0 Å². The third kappa shape index (κ3) is 3.06. The molecule has 0 aliphatic rings. The molecule has 0 spiro atoms. The second kappa shape index (κ2) is 6.02. The zero-order valence-electron chi connectivity index (χ0n) is 10.9. The molecule has 90 valence electrons. The smallest absolute Gasteiger partial charge is 0.0382 e. The van der Waals surface area contributed by atoms with Crippen LogP contribution in [-0.4, -0.2) is 25.5 Å². The average Bonchev–Trinajstić information content (AvgIpc) is 2.24. The van der Waals surface area contributed by atoms with Gasteiger partial charge in [0.15, 0.2) is 0 Å². The summed E-state index contributed by atoms with van der Waals surface area (Å²) in [7, 11) is 4.26. The molecule has 1 rings (SSSR count). The first-order valence-electron chi connectivity index (χ1n) is 6.03. The molecular formula is C14H24N2. The van der Waals surface area contributed by atoms with Crippen molar-refractivity contribution in [3.8, 4) is 0 Å². The fourth-order valence-electron chi connectivity index (χ4n) is 2.36.